The van der Waals surface area contributed by atoms with Crippen LogP contribution in [0.3, 0.4) is 0 Å². The molecule has 0 N–H and O–H groups in total. The predicted octanol–water partition coefficient (Wildman–Crippen LogP) is 4.22. The van der Waals surface area contributed by atoms with E-state index in [-0.39, 0.29) is 12.4 Å². The topological polar surface area (TPSA) is 3.24 Å². The molecule has 0 saturated carbocycles. The summed E-state index contributed by atoms with van der Waals surface area (Å²) in [6.07, 6.45) is 8.72. The summed E-state index contributed by atoms with van der Waals surface area (Å²) in [4.78, 5) is 2.47. The van der Waals surface area contributed by atoms with Gasteiger partial charge >= 0.3 is 0 Å². The number of nitrogens with zero attached hydrogens (tertiary/aromatic N) is 1. The standard InChI is InChI=1S/C16H23N.ClH/c1-13-7-6-8-14(2)16(13)11-10-15-9-4-5-12-17(15)3;/h6-8,10-11,15H,4-5,9,12H2,1-3H3;1H/b11-10+;. The molecule has 0 aliphatic carbocycles. The van der Waals surface area contributed by atoms with Gasteiger partial charge in [-0.3, -0.25) is 4.90 Å². The van der Waals surface area contributed by atoms with Crippen LogP contribution in [-0.2, 0) is 0 Å². The fourth-order valence-corrected chi connectivity index (χ4v) is 2.64. The first-order valence-corrected chi connectivity index (χ1v) is 6.63. The second-order valence-electron chi connectivity index (χ2n) is 5.21. The minimum atomic E-state index is 0. The zero-order valence-electron chi connectivity index (χ0n) is 11.6. The molecule has 1 heterocycles. The van der Waals surface area contributed by atoms with Crippen molar-refractivity contribution in [3.8, 4) is 0 Å². The van der Waals surface area contributed by atoms with E-state index in [1.165, 1.54) is 42.5 Å². The van der Waals surface area contributed by atoms with Crippen LogP contribution < -0.4 is 0 Å². The quantitative estimate of drug-likeness (QED) is 0.774. The molecule has 1 nitrogen and oxygen atoms in total. The van der Waals surface area contributed by atoms with E-state index >= 15 is 0 Å². The van der Waals surface area contributed by atoms with Crippen molar-refractivity contribution in [1.29, 1.82) is 0 Å². The van der Waals surface area contributed by atoms with Crippen LogP contribution in [0.5, 0.6) is 0 Å². The summed E-state index contributed by atoms with van der Waals surface area (Å²) in [5.41, 5.74) is 4.14. The molecule has 0 aromatic heterocycles. The van der Waals surface area contributed by atoms with Gasteiger partial charge in [0.15, 0.2) is 0 Å². The van der Waals surface area contributed by atoms with Crippen LogP contribution in [0.1, 0.15) is 36.0 Å². The van der Waals surface area contributed by atoms with Crippen LogP contribution in [0.4, 0.5) is 0 Å². The molecular weight excluding hydrogens is 242 g/mol. The average Bonchev–Trinajstić information content (AvgIpc) is 2.30. The summed E-state index contributed by atoms with van der Waals surface area (Å²) in [5.74, 6) is 0. The van der Waals surface area contributed by atoms with Gasteiger partial charge in [-0.15, -0.1) is 12.4 Å². The Kier molecular flexibility index (Phi) is 5.90. The van der Waals surface area contributed by atoms with Gasteiger partial charge in [-0.05, 0) is 57.0 Å². The number of rotatable bonds is 2. The largest absolute Gasteiger partial charge is 0.300 e. The Morgan fingerprint density at radius 2 is 1.83 bits per heavy atom. The molecular formula is C16H24ClN. The van der Waals surface area contributed by atoms with Gasteiger partial charge in [0.05, 0.1) is 0 Å². The lowest BCUT2D eigenvalue weighted by molar-refractivity contribution is 0.222. The Labute approximate surface area is 117 Å². The summed E-state index contributed by atoms with van der Waals surface area (Å²) in [6.45, 7) is 5.62. The monoisotopic (exact) mass is 265 g/mol. The second kappa shape index (κ2) is 6.96. The van der Waals surface area contributed by atoms with Gasteiger partial charge in [-0.2, -0.15) is 0 Å². The zero-order valence-corrected chi connectivity index (χ0v) is 12.5. The van der Waals surface area contributed by atoms with Gasteiger partial charge < -0.3 is 0 Å². The third-order valence-corrected chi connectivity index (χ3v) is 3.85. The molecule has 1 aromatic rings. The van der Waals surface area contributed by atoms with Gasteiger partial charge in [-0.25, -0.2) is 0 Å². The van der Waals surface area contributed by atoms with Crippen LogP contribution in [0, 0.1) is 13.8 Å². The first kappa shape index (κ1) is 15.3. The zero-order chi connectivity index (χ0) is 12.3. The highest BCUT2D eigenvalue weighted by Crippen LogP contribution is 2.19. The Morgan fingerprint density at radius 3 is 2.44 bits per heavy atom. The molecule has 18 heavy (non-hydrogen) atoms. The van der Waals surface area contributed by atoms with Gasteiger partial charge in [0.25, 0.3) is 0 Å². The maximum absolute atomic E-state index is 2.47. The Bertz CT molecular complexity index is 391. The third kappa shape index (κ3) is 3.60. The van der Waals surface area contributed by atoms with E-state index in [1.54, 1.807) is 0 Å². The molecule has 1 saturated heterocycles. The molecule has 0 bridgehead atoms. The van der Waals surface area contributed by atoms with Crippen molar-refractivity contribution < 1.29 is 0 Å². The lowest BCUT2D eigenvalue weighted by Crippen LogP contribution is -2.34. The van der Waals surface area contributed by atoms with Crippen LogP contribution in [0.2, 0.25) is 0 Å². The maximum atomic E-state index is 2.47. The van der Waals surface area contributed by atoms with Gasteiger partial charge in [0, 0.05) is 6.04 Å². The molecule has 2 rings (SSSR count). The van der Waals surface area contributed by atoms with Crippen molar-refractivity contribution in [2.45, 2.75) is 39.2 Å². The van der Waals surface area contributed by atoms with Crippen LogP contribution in [0.25, 0.3) is 6.08 Å². The molecule has 0 radical (unpaired) electrons. The van der Waals surface area contributed by atoms with Crippen molar-refractivity contribution in [2.24, 2.45) is 0 Å². The number of hydrogen-bond acceptors (Lipinski definition) is 1. The normalized spacial score (nSPS) is 20.9. The summed E-state index contributed by atoms with van der Waals surface area (Å²) in [6, 6.07) is 7.14. The lowest BCUT2D eigenvalue weighted by atomic mass is 9.98. The first-order valence-electron chi connectivity index (χ1n) is 6.63. The van der Waals surface area contributed by atoms with E-state index in [9.17, 15) is 0 Å². The van der Waals surface area contributed by atoms with E-state index in [0.717, 1.165) is 0 Å². The van der Waals surface area contributed by atoms with Crippen LogP contribution in [-0.4, -0.2) is 24.5 Å². The molecule has 1 aromatic carbocycles. The van der Waals surface area contributed by atoms with Crippen molar-refractivity contribution in [1.82, 2.24) is 4.90 Å². The summed E-state index contributed by atoms with van der Waals surface area (Å²) in [7, 11) is 2.23. The number of halogens is 1. The van der Waals surface area contributed by atoms with Crippen molar-refractivity contribution >= 4 is 18.5 Å². The number of hydrogen-bond donors (Lipinski definition) is 0. The van der Waals surface area contributed by atoms with Crippen LogP contribution in [0.15, 0.2) is 24.3 Å². The van der Waals surface area contributed by atoms with E-state index in [1.807, 2.05) is 0 Å². The molecule has 100 valence electrons. The van der Waals surface area contributed by atoms with E-state index in [0.29, 0.717) is 6.04 Å². The Hall–Kier alpha value is -0.790. The number of piperidine rings is 1. The summed E-state index contributed by atoms with van der Waals surface area (Å²) >= 11 is 0. The number of benzene rings is 1. The highest BCUT2D eigenvalue weighted by Gasteiger charge is 2.15. The van der Waals surface area contributed by atoms with E-state index < -0.39 is 0 Å². The number of likely N-dealkylation sites (N-methyl/N-ethyl adjacent to an activating group) is 1. The number of likely N-dealkylation sites (tertiary alicyclic amines) is 1. The molecule has 1 aliphatic rings. The number of aryl methyl sites for hydroxylation is 2. The summed E-state index contributed by atoms with van der Waals surface area (Å²) in [5, 5.41) is 0. The van der Waals surface area contributed by atoms with Gasteiger partial charge in [0.2, 0.25) is 0 Å². The predicted molar refractivity (Wildman–Crippen MR) is 82.5 cm³/mol. The van der Waals surface area contributed by atoms with Crippen LogP contribution >= 0.6 is 12.4 Å². The molecule has 2 heteroatoms. The average molecular weight is 266 g/mol. The smallest absolute Gasteiger partial charge is 0.0278 e. The molecule has 1 atom stereocenters. The molecule has 1 aliphatic heterocycles. The van der Waals surface area contributed by atoms with Crippen molar-refractivity contribution in [3.05, 3.63) is 41.0 Å². The summed E-state index contributed by atoms with van der Waals surface area (Å²) < 4.78 is 0. The fraction of sp³-hybridized carbons (Fsp3) is 0.500. The molecule has 0 amide bonds. The highest BCUT2D eigenvalue weighted by atomic mass is 35.5. The van der Waals surface area contributed by atoms with Gasteiger partial charge in [-0.1, -0.05) is 36.8 Å². The minimum absolute atomic E-state index is 0. The minimum Gasteiger partial charge on any atom is -0.300 e. The Balaban J connectivity index is 0.00000162. The Morgan fingerprint density at radius 1 is 1.17 bits per heavy atom. The lowest BCUT2D eigenvalue weighted by Gasteiger charge is -2.30. The maximum Gasteiger partial charge on any atom is 0.0278 e. The molecule has 0 spiro atoms. The van der Waals surface area contributed by atoms with E-state index in [4.69, 9.17) is 0 Å². The molecule has 1 unspecified atom stereocenters. The first-order chi connectivity index (χ1) is 8.18. The van der Waals surface area contributed by atoms with Gasteiger partial charge in [0.1, 0.15) is 0 Å². The highest BCUT2D eigenvalue weighted by molar-refractivity contribution is 5.85. The second-order valence-corrected chi connectivity index (χ2v) is 5.21. The van der Waals surface area contributed by atoms with E-state index in [2.05, 4.69) is 56.1 Å². The SMILES string of the molecule is Cc1cccc(C)c1/C=C/C1CCCCN1C.Cl. The molecule has 1 fully saturated rings. The fourth-order valence-electron chi connectivity index (χ4n) is 2.64. The third-order valence-electron chi connectivity index (χ3n) is 3.85. The van der Waals surface area contributed by atoms with Crippen molar-refractivity contribution in [3.63, 3.8) is 0 Å². The van der Waals surface area contributed by atoms with Crippen molar-refractivity contribution in [2.75, 3.05) is 13.6 Å².